The molecule has 0 atom stereocenters. The van der Waals surface area contributed by atoms with Gasteiger partial charge in [-0.2, -0.15) is 0 Å². The van der Waals surface area contributed by atoms with Gasteiger partial charge in [-0.3, -0.25) is 4.79 Å². The zero-order valence-corrected chi connectivity index (χ0v) is 11.8. The number of benzene rings is 1. The average Bonchev–Trinajstić information content (AvgIpc) is 2.43. The number of hydrogen-bond donors (Lipinski definition) is 0. The Balaban J connectivity index is 2.38. The van der Waals surface area contributed by atoms with E-state index in [0.717, 1.165) is 0 Å². The van der Waals surface area contributed by atoms with Gasteiger partial charge in [-0.15, -0.1) is 0 Å². The minimum atomic E-state index is -0.602. The van der Waals surface area contributed by atoms with E-state index >= 15 is 0 Å². The van der Waals surface area contributed by atoms with Crippen LogP contribution in [-0.4, -0.2) is 38.4 Å². The van der Waals surface area contributed by atoms with Crippen LogP contribution in [0.5, 0.6) is 5.75 Å². The molecule has 2 aromatic rings. The molecule has 0 saturated carbocycles. The summed E-state index contributed by atoms with van der Waals surface area (Å²) >= 11 is 0. The van der Waals surface area contributed by atoms with Gasteiger partial charge in [0.05, 0.1) is 7.11 Å². The molecule has 5 heteroatoms. The molecule has 0 N–H and O–H groups in total. The molecule has 0 bridgehead atoms. The Morgan fingerprint density at radius 2 is 2.05 bits per heavy atom. The van der Waals surface area contributed by atoms with Crippen LogP contribution < -0.4 is 10.4 Å². The molecule has 0 unspecified atom stereocenters. The molecule has 0 spiro atoms. The fourth-order valence-corrected chi connectivity index (χ4v) is 1.87. The Kier molecular flexibility index (Phi) is 4.20. The highest BCUT2D eigenvalue weighted by Crippen LogP contribution is 2.20. The molecule has 0 aliphatic carbocycles. The van der Waals surface area contributed by atoms with E-state index in [1.807, 2.05) is 19.0 Å². The molecule has 1 aromatic carbocycles. The maximum atomic E-state index is 12.0. The first kappa shape index (κ1) is 14.3. The predicted molar refractivity (Wildman–Crippen MR) is 76.5 cm³/mol. The molecule has 5 nitrogen and oxygen atoms in total. The van der Waals surface area contributed by atoms with Crippen LogP contribution in [0.15, 0.2) is 33.5 Å². The van der Waals surface area contributed by atoms with Crippen molar-refractivity contribution in [3.8, 4) is 5.75 Å². The number of ether oxygens (including phenoxy) is 1. The third-order valence-corrected chi connectivity index (χ3v) is 3.03. The van der Waals surface area contributed by atoms with E-state index in [-0.39, 0.29) is 11.3 Å². The molecule has 0 radical (unpaired) electrons. The first-order valence-corrected chi connectivity index (χ1v) is 6.31. The Hall–Kier alpha value is -2.14. The van der Waals surface area contributed by atoms with Crippen molar-refractivity contribution >= 4 is 16.8 Å². The minimum absolute atomic E-state index is 0.101. The van der Waals surface area contributed by atoms with Gasteiger partial charge >= 0.3 is 5.63 Å². The van der Waals surface area contributed by atoms with Gasteiger partial charge in [0.1, 0.15) is 16.9 Å². The molecule has 0 aliphatic rings. The van der Waals surface area contributed by atoms with E-state index in [4.69, 9.17) is 9.15 Å². The highest BCUT2D eigenvalue weighted by molar-refractivity contribution is 5.98. The van der Waals surface area contributed by atoms with Crippen LogP contribution in [0.1, 0.15) is 16.8 Å². The van der Waals surface area contributed by atoms with E-state index in [0.29, 0.717) is 29.7 Å². The highest BCUT2D eigenvalue weighted by Gasteiger charge is 2.14. The number of carbonyl (C=O) groups excluding carboxylic acids is 1. The molecule has 1 aromatic heterocycles. The summed E-state index contributed by atoms with van der Waals surface area (Å²) < 4.78 is 10.3. The Bertz CT molecular complexity index is 688. The molecule has 1 heterocycles. The lowest BCUT2D eigenvalue weighted by molar-refractivity contribution is 0.0969. The number of Topliss-reactive ketones (excluding diaryl/α,β-unsaturated/α-hetero) is 1. The van der Waals surface area contributed by atoms with Gasteiger partial charge in [0.25, 0.3) is 0 Å². The maximum absolute atomic E-state index is 12.0. The quantitative estimate of drug-likeness (QED) is 0.616. The van der Waals surface area contributed by atoms with Crippen molar-refractivity contribution in [1.29, 1.82) is 0 Å². The van der Waals surface area contributed by atoms with Gasteiger partial charge in [0.2, 0.25) is 0 Å². The van der Waals surface area contributed by atoms with Crippen molar-refractivity contribution in [2.24, 2.45) is 0 Å². The summed E-state index contributed by atoms with van der Waals surface area (Å²) in [5, 5.41) is 0.707. The van der Waals surface area contributed by atoms with Crippen LogP contribution in [-0.2, 0) is 0 Å². The van der Waals surface area contributed by atoms with E-state index in [2.05, 4.69) is 0 Å². The lowest BCUT2D eigenvalue weighted by Gasteiger charge is -2.08. The number of nitrogens with zero attached hydrogens (tertiary/aromatic N) is 1. The first-order chi connectivity index (χ1) is 9.51. The maximum Gasteiger partial charge on any atom is 0.347 e. The summed E-state index contributed by atoms with van der Waals surface area (Å²) in [6.07, 6.45) is 0.291. The second kappa shape index (κ2) is 5.88. The van der Waals surface area contributed by atoms with Gasteiger partial charge in [-0.05, 0) is 32.3 Å². The normalized spacial score (nSPS) is 11.0. The number of hydrogen-bond acceptors (Lipinski definition) is 5. The van der Waals surface area contributed by atoms with Crippen molar-refractivity contribution < 1.29 is 13.9 Å². The fourth-order valence-electron chi connectivity index (χ4n) is 1.87. The molecule has 0 amide bonds. The van der Waals surface area contributed by atoms with E-state index in [9.17, 15) is 9.59 Å². The Labute approximate surface area is 116 Å². The Morgan fingerprint density at radius 1 is 1.30 bits per heavy atom. The number of carbonyl (C=O) groups is 1. The lowest BCUT2D eigenvalue weighted by atomic mass is 10.1. The molecular weight excluding hydrogens is 258 g/mol. The fraction of sp³-hybridized carbons (Fsp3) is 0.333. The van der Waals surface area contributed by atoms with Crippen molar-refractivity contribution in [2.45, 2.75) is 6.42 Å². The van der Waals surface area contributed by atoms with Gasteiger partial charge < -0.3 is 14.1 Å². The second-order valence-corrected chi connectivity index (χ2v) is 4.83. The van der Waals surface area contributed by atoms with Crippen molar-refractivity contribution in [2.75, 3.05) is 27.7 Å². The van der Waals surface area contributed by atoms with E-state index in [1.54, 1.807) is 31.4 Å². The SMILES string of the molecule is COc1ccc2cc(C(=O)CCN(C)C)c(=O)oc2c1. The molecule has 20 heavy (non-hydrogen) atoms. The van der Waals surface area contributed by atoms with E-state index < -0.39 is 5.63 Å². The van der Waals surface area contributed by atoms with E-state index in [1.165, 1.54) is 0 Å². The Morgan fingerprint density at radius 3 is 2.70 bits per heavy atom. The van der Waals surface area contributed by atoms with Crippen LogP contribution in [0.3, 0.4) is 0 Å². The van der Waals surface area contributed by atoms with Gasteiger partial charge in [0.15, 0.2) is 5.78 Å². The zero-order valence-electron chi connectivity index (χ0n) is 11.8. The predicted octanol–water partition coefficient (Wildman–Crippen LogP) is 1.94. The van der Waals surface area contributed by atoms with Gasteiger partial charge in [0, 0.05) is 24.4 Å². The summed E-state index contributed by atoms with van der Waals surface area (Å²) in [7, 11) is 5.29. The first-order valence-electron chi connectivity index (χ1n) is 6.31. The van der Waals surface area contributed by atoms with Crippen LogP contribution in [0.25, 0.3) is 11.0 Å². The molecule has 0 fully saturated rings. The van der Waals surface area contributed by atoms with Gasteiger partial charge in [-0.1, -0.05) is 0 Å². The highest BCUT2D eigenvalue weighted by atomic mass is 16.5. The summed E-state index contributed by atoms with van der Waals surface area (Å²) in [5.74, 6) is 0.400. The second-order valence-electron chi connectivity index (χ2n) is 4.83. The van der Waals surface area contributed by atoms with Crippen molar-refractivity contribution in [3.05, 3.63) is 40.2 Å². The smallest absolute Gasteiger partial charge is 0.347 e. The molecule has 0 aliphatic heterocycles. The summed E-state index contributed by atoms with van der Waals surface area (Å²) in [6.45, 7) is 0.596. The van der Waals surface area contributed by atoms with Crippen LogP contribution >= 0.6 is 0 Å². The third-order valence-electron chi connectivity index (χ3n) is 3.03. The lowest BCUT2D eigenvalue weighted by Crippen LogP contribution is -2.20. The summed E-state index contributed by atoms with van der Waals surface area (Å²) in [6, 6.07) is 6.74. The summed E-state index contributed by atoms with van der Waals surface area (Å²) in [4.78, 5) is 25.8. The van der Waals surface area contributed by atoms with Crippen LogP contribution in [0, 0.1) is 0 Å². The average molecular weight is 275 g/mol. The largest absolute Gasteiger partial charge is 0.497 e. The van der Waals surface area contributed by atoms with Crippen molar-refractivity contribution in [3.63, 3.8) is 0 Å². The van der Waals surface area contributed by atoms with Crippen molar-refractivity contribution in [1.82, 2.24) is 4.90 Å². The molecule has 106 valence electrons. The third kappa shape index (κ3) is 3.05. The number of fused-ring (bicyclic) bond motifs is 1. The molecular formula is C15H17NO4. The minimum Gasteiger partial charge on any atom is -0.497 e. The van der Waals surface area contributed by atoms with Gasteiger partial charge in [-0.25, -0.2) is 4.79 Å². The standard InChI is InChI=1S/C15H17NO4/c1-16(2)7-6-13(17)12-8-10-4-5-11(19-3)9-14(10)20-15(12)18/h4-5,8-9H,6-7H2,1-3H3. The van der Waals surface area contributed by atoms with Crippen LogP contribution in [0.2, 0.25) is 0 Å². The number of methoxy groups -OCH3 is 1. The zero-order chi connectivity index (χ0) is 14.7. The molecule has 2 rings (SSSR count). The summed E-state index contributed by atoms with van der Waals surface area (Å²) in [5.41, 5.74) is -0.0856. The topological polar surface area (TPSA) is 59.8 Å². The number of rotatable bonds is 5. The number of ketones is 1. The monoisotopic (exact) mass is 275 g/mol. The molecule has 0 saturated heterocycles. The van der Waals surface area contributed by atoms with Crippen LogP contribution in [0.4, 0.5) is 0 Å².